The second kappa shape index (κ2) is 9.46. The second-order valence-corrected chi connectivity index (χ2v) is 10.1. The van der Waals surface area contributed by atoms with Gasteiger partial charge in [0, 0.05) is 25.0 Å². The molecule has 0 saturated carbocycles. The minimum Gasteiger partial charge on any atom is -0.369 e. The lowest BCUT2D eigenvalue weighted by atomic mass is 10.0. The van der Waals surface area contributed by atoms with Gasteiger partial charge in [0.2, 0.25) is 11.8 Å². The molecule has 0 aromatic heterocycles. The van der Waals surface area contributed by atoms with Gasteiger partial charge in [-0.05, 0) is 37.3 Å². The molecule has 169 valence electrons. The molecule has 0 unspecified atom stereocenters. The molecule has 0 aliphatic carbocycles. The Morgan fingerprint density at radius 1 is 1.26 bits per heavy atom. The number of primary amides is 1. The van der Waals surface area contributed by atoms with Crippen LogP contribution in [0.1, 0.15) is 44.2 Å². The Labute approximate surface area is 183 Å². The first kappa shape index (κ1) is 23.4. The summed E-state index contributed by atoms with van der Waals surface area (Å²) < 4.78 is 29.1. The number of carbonyl (C=O) groups is 3. The van der Waals surface area contributed by atoms with E-state index in [-0.39, 0.29) is 44.3 Å². The molecule has 10 heteroatoms. The Morgan fingerprint density at radius 3 is 2.45 bits per heavy atom. The van der Waals surface area contributed by atoms with Crippen molar-refractivity contribution in [3.63, 3.8) is 0 Å². The highest BCUT2D eigenvalue weighted by molar-refractivity contribution is 7.87. The maximum atomic E-state index is 13.6. The summed E-state index contributed by atoms with van der Waals surface area (Å²) in [6.45, 7) is 3.73. The first-order chi connectivity index (χ1) is 14.6. The molecule has 3 N–H and O–H groups in total. The number of Topliss-reactive ketones (excluding diaryl/α,β-unsaturated/α-hetero) is 1. The van der Waals surface area contributed by atoms with Gasteiger partial charge in [0.15, 0.2) is 5.78 Å². The molecule has 2 amide bonds. The Bertz CT molecular complexity index is 939. The summed E-state index contributed by atoms with van der Waals surface area (Å²) in [4.78, 5) is 37.3. The van der Waals surface area contributed by atoms with Gasteiger partial charge in [0.05, 0.1) is 13.0 Å². The SMILES string of the molecule is C[C@@H]1CC[C@H](N(C(=O)[CH]C[C@H](C)C(N)=O)S(=O)(=O)N2Cc3ccccc3C2)C(=O)CN1. The number of hydrogen-bond acceptors (Lipinski definition) is 6. The van der Waals surface area contributed by atoms with Gasteiger partial charge in [0.25, 0.3) is 0 Å². The fraction of sp³-hybridized carbons (Fsp3) is 0.524. The topological polar surface area (TPSA) is 130 Å². The van der Waals surface area contributed by atoms with Crippen molar-refractivity contribution >= 4 is 27.8 Å². The smallest absolute Gasteiger partial charge is 0.307 e. The second-order valence-electron chi connectivity index (χ2n) is 8.26. The summed E-state index contributed by atoms with van der Waals surface area (Å²) in [6.07, 6.45) is 1.92. The molecule has 0 bridgehead atoms. The van der Waals surface area contributed by atoms with E-state index in [1.807, 2.05) is 31.2 Å². The number of carbonyl (C=O) groups excluding carboxylic acids is 3. The van der Waals surface area contributed by atoms with Gasteiger partial charge in [-0.3, -0.25) is 14.4 Å². The van der Waals surface area contributed by atoms with Crippen LogP contribution in [-0.4, -0.2) is 53.3 Å². The van der Waals surface area contributed by atoms with Gasteiger partial charge in [0.1, 0.15) is 6.04 Å². The molecule has 31 heavy (non-hydrogen) atoms. The number of nitrogens with zero attached hydrogens (tertiary/aromatic N) is 2. The molecule has 2 aliphatic rings. The molecule has 0 spiro atoms. The number of fused-ring (bicyclic) bond motifs is 1. The number of nitrogens with two attached hydrogens (primary N) is 1. The Hall–Kier alpha value is -2.30. The van der Waals surface area contributed by atoms with Crippen LogP contribution in [0.3, 0.4) is 0 Å². The third-order valence-electron chi connectivity index (χ3n) is 5.89. The van der Waals surface area contributed by atoms with Crippen LogP contribution in [0.25, 0.3) is 0 Å². The molecule has 2 heterocycles. The first-order valence-electron chi connectivity index (χ1n) is 10.4. The number of benzene rings is 1. The Balaban J connectivity index is 1.90. The van der Waals surface area contributed by atoms with Crippen molar-refractivity contribution in [1.82, 2.24) is 13.9 Å². The maximum absolute atomic E-state index is 13.6. The molecule has 1 aromatic carbocycles. The quantitative estimate of drug-likeness (QED) is 0.624. The zero-order chi connectivity index (χ0) is 22.8. The lowest BCUT2D eigenvalue weighted by molar-refractivity contribution is -0.132. The van der Waals surface area contributed by atoms with Crippen LogP contribution in [-0.2, 0) is 37.7 Å². The van der Waals surface area contributed by atoms with Crippen molar-refractivity contribution in [3.8, 4) is 0 Å². The lowest BCUT2D eigenvalue weighted by Gasteiger charge is -2.32. The molecule has 1 fully saturated rings. The van der Waals surface area contributed by atoms with Gasteiger partial charge in [-0.15, -0.1) is 0 Å². The predicted octanol–water partition coefficient (Wildman–Crippen LogP) is 0.501. The van der Waals surface area contributed by atoms with E-state index < -0.39 is 34.0 Å². The van der Waals surface area contributed by atoms with Gasteiger partial charge in [-0.25, -0.2) is 4.31 Å². The van der Waals surface area contributed by atoms with Crippen molar-refractivity contribution in [2.75, 3.05) is 6.54 Å². The number of nitrogens with one attached hydrogen (secondary N) is 1. The fourth-order valence-electron chi connectivity index (χ4n) is 3.81. The summed E-state index contributed by atoms with van der Waals surface area (Å²) in [5, 5.41) is 3.05. The van der Waals surface area contributed by atoms with E-state index >= 15 is 0 Å². The summed E-state index contributed by atoms with van der Waals surface area (Å²) in [5.74, 6) is -2.38. The zero-order valence-electron chi connectivity index (χ0n) is 17.8. The van der Waals surface area contributed by atoms with Gasteiger partial charge >= 0.3 is 10.2 Å². The van der Waals surface area contributed by atoms with Crippen molar-refractivity contribution in [3.05, 3.63) is 41.8 Å². The molecular weight excluding hydrogens is 420 g/mol. The average Bonchev–Trinajstić information content (AvgIpc) is 3.11. The fourth-order valence-corrected chi connectivity index (χ4v) is 5.51. The van der Waals surface area contributed by atoms with E-state index in [4.69, 9.17) is 5.73 Å². The molecule has 3 atom stereocenters. The van der Waals surface area contributed by atoms with Crippen LogP contribution in [0.5, 0.6) is 0 Å². The highest BCUT2D eigenvalue weighted by Crippen LogP contribution is 2.29. The van der Waals surface area contributed by atoms with E-state index in [9.17, 15) is 22.8 Å². The summed E-state index contributed by atoms with van der Waals surface area (Å²) in [5.41, 5.74) is 7.00. The normalized spacial score (nSPS) is 23.1. The molecule has 2 aliphatic heterocycles. The van der Waals surface area contributed by atoms with E-state index in [0.29, 0.717) is 10.7 Å². The minimum absolute atomic E-state index is 0.00399. The third kappa shape index (κ3) is 5.13. The predicted molar refractivity (Wildman–Crippen MR) is 114 cm³/mol. The summed E-state index contributed by atoms with van der Waals surface area (Å²) in [7, 11) is -4.28. The largest absolute Gasteiger partial charge is 0.369 e. The zero-order valence-corrected chi connectivity index (χ0v) is 18.6. The highest BCUT2D eigenvalue weighted by atomic mass is 32.2. The Kier molecular flexibility index (Phi) is 7.13. The van der Waals surface area contributed by atoms with Crippen molar-refractivity contribution < 1.29 is 22.8 Å². The van der Waals surface area contributed by atoms with Gasteiger partial charge < -0.3 is 11.1 Å². The van der Waals surface area contributed by atoms with Gasteiger partial charge in [-0.2, -0.15) is 12.7 Å². The Morgan fingerprint density at radius 2 is 1.87 bits per heavy atom. The average molecular weight is 450 g/mol. The number of ketones is 1. The third-order valence-corrected chi connectivity index (χ3v) is 7.73. The van der Waals surface area contributed by atoms with Crippen LogP contribution < -0.4 is 11.1 Å². The highest BCUT2D eigenvalue weighted by Gasteiger charge is 2.43. The van der Waals surface area contributed by atoms with Crippen LogP contribution in [0.15, 0.2) is 24.3 Å². The van der Waals surface area contributed by atoms with E-state index in [1.54, 1.807) is 6.92 Å². The number of hydrogen-bond donors (Lipinski definition) is 2. The molecule has 1 radical (unpaired) electrons. The van der Waals surface area contributed by atoms with E-state index in [1.165, 1.54) is 4.31 Å². The minimum atomic E-state index is -4.28. The van der Waals surface area contributed by atoms with Crippen molar-refractivity contribution in [2.24, 2.45) is 11.7 Å². The number of amides is 2. The summed E-state index contributed by atoms with van der Waals surface area (Å²) >= 11 is 0. The standard InChI is InChI=1S/C21H29N4O5S/c1-14(21(22)28)7-10-20(27)25(18-9-8-15(2)23-11-19(18)26)31(29,30)24-12-16-5-3-4-6-17(16)13-24/h3-6,10,14-15,18,23H,7-9,11-13H2,1-2H3,(H2,22,28)/t14-,15+,18-/m0/s1. The van der Waals surface area contributed by atoms with Crippen molar-refractivity contribution in [2.45, 2.75) is 58.3 Å². The van der Waals surface area contributed by atoms with Crippen molar-refractivity contribution in [1.29, 1.82) is 0 Å². The molecular formula is C21H29N4O5S. The van der Waals surface area contributed by atoms with E-state index in [0.717, 1.165) is 17.5 Å². The summed E-state index contributed by atoms with van der Waals surface area (Å²) in [6, 6.07) is 6.29. The lowest BCUT2D eigenvalue weighted by Crippen LogP contribution is -2.53. The van der Waals surface area contributed by atoms with E-state index in [2.05, 4.69) is 5.32 Å². The van der Waals surface area contributed by atoms with Crippen LogP contribution in [0.2, 0.25) is 0 Å². The van der Waals surface area contributed by atoms with Crippen LogP contribution >= 0.6 is 0 Å². The molecule has 9 nitrogen and oxygen atoms in total. The molecule has 1 aromatic rings. The monoisotopic (exact) mass is 449 g/mol. The molecule has 3 rings (SSSR count). The first-order valence-corrected chi connectivity index (χ1v) is 11.8. The maximum Gasteiger partial charge on any atom is 0.307 e. The molecule has 1 saturated heterocycles. The van der Waals surface area contributed by atoms with Crippen LogP contribution in [0.4, 0.5) is 0 Å². The van der Waals surface area contributed by atoms with Crippen LogP contribution in [0, 0.1) is 12.3 Å². The number of rotatable bonds is 7. The van der Waals surface area contributed by atoms with Gasteiger partial charge in [-0.1, -0.05) is 31.2 Å².